The fourth-order valence-corrected chi connectivity index (χ4v) is 2.86. The average molecular weight is 368 g/mol. The van der Waals surface area contributed by atoms with Gasteiger partial charge in [-0.1, -0.05) is 6.92 Å². The Hall–Kier alpha value is -2.17. The molecule has 142 valence electrons. The molecule has 0 amide bonds. The number of fused-ring (bicyclic) bond motifs is 1. The number of aryl methyl sites for hydroxylation is 1. The largest absolute Gasteiger partial charge is 0.507 e. The van der Waals surface area contributed by atoms with Crippen LogP contribution in [0.4, 0.5) is 0 Å². The molecule has 5 N–H and O–H groups in total. The van der Waals surface area contributed by atoms with Gasteiger partial charge >= 0.3 is 0 Å². The second-order valence-corrected chi connectivity index (χ2v) is 6.07. The van der Waals surface area contributed by atoms with Crippen LogP contribution in [-0.2, 0) is 11.2 Å². The lowest BCUT2D eigenvalue weighted by Gasteiger charge is -2.39. The maximum atomic E-state index is 12.3. The van der Waals surface area contributed by atoms with Crippen molar-refractivity contribution >= 4 is 11.0 Å². The molecule has 0 unspecified atom stereocenters. The lowest BCUT2D eigenvalue weighted by molar-refractivity contribution is -0.277. The maximum absolute atomic E-state index is 12.3. The van der Waals surface area contributed by atoms with E-state index in [1.165, 1.54) is 12.3 Å². The quantitative estimate of drug-likeness (QED) is 0.469. The van der Waals surface area contributed by atoms with Gasteiger partial charge in [-0.3, -0.25) is 4.79 Å². The van der Waals surface area contributed by atoms with E-state index in [0.717, 1.165) is 6.07 Å². The van der Waals surface area contributed by atoms with Crippen LogP contribution in [0, 0.1) is 0 Å². The Morgan fingerprint density at radius 2 is 1.88 bits per heavy atom. The summed E-state index contributed by atoms with van der Waals surface area (Å²) in [6.45, 7) is 1.19. The predicted octanol–water partition coefficient (Wildman–Crippen LogP) is -0.760. The molecule has 2 heterocycles. The van der Waals surface area contributed by atoms with Crippen molar-refractivity contribution in [2.45, 2.75) is 44.1 Å². The number of aliphatic hydroxyl groups excluding tert-OH is 4. The van der Waals surface area contributed by atoms with Crippen LogP contribution in [0.25, 0.3) is 11.0 Å². The lowest BCUT2D eigenvalue weighted by atomic mass is 9.99. The Morgan fingerprint density at radius 1 is 1.15 bits per heavy atom. The number of rotatable bonds is 4. The van der Waals surface area contributed by atoms with Crippen LogP contribution in [0.3, 0.4) is 0 Å². The van der Waals surface area contributed by atoms with Crippen LogP contribution < -0.4 is 10.2 Å². The summed E-state index contributed by atoms with van der Waals surface area (Å²) in [6, 6.07) is 2.48. The molecule has 0 spiro atoms. The molecule has 1 saturated heterocycles. The summed E-state index contributed by atoms with van der Waals surface area (Å²) in [4.78, 5) is 12.3. The van der Waals surface area contributed by atoms with Crippen LogP contribution >= 0.6 is 0 Å². The number of benzene rings is 1. The number of ether oxygens (including phenoxy) is 2. The van der Waals surface area contributed by atoms with Crippen molar-refractivity contribution in [2.75, 3.05) is 6.61 Å². The first-order valence-electron chi connectivity index (χ1n) is 8.12. The number of aromatic hydroxyl groups is 1. The molecule has 1 aliphatic rings. The second-order valence-electron chi connectivity index (χ2n) is 6.07. The molecule has 26 heavy (non-hydrogen) atoms. The fourth-order valence-electron chi connectivity index (χ4n) is 2.86. The summed E-state index contributed by atoms with van der Waals surface area (Å²) >= 11 is 0. The van der Waals surface area contributed by atoms with Crippen molar-refractivity contribution in [3.63, 3.8) is 0 Å². The minimum absolute atomic E-state index is 0.00510. The average Bonchev–Trinajstić information content (AvgIpc) is 2.62. The van der Waals surface area contributed by atoms with Crippen LogP contribution in [0.2, 0.25) is 0 Å². The third kappa shape index (κ3) is 3.15. The van der Waals surface area contributed by atoms with E-state index in [-0.39, 0.29) is 27.9 Å². The second kappa shape index (κ2) is 7.22. The zero-order valence-electron chi connectivity index (χ0n) is 13.9. The Balaban J connectivity index is 1.93. The summed E-state index contributed by atoms with van der Waals surface area (Å²) in [7, 11) is 0. The molecule has 1 aromatic heterocycles. The smallest absolute Gasteiger partial charge is 0.229 e. The first kappa shape index (κ1) is 18.6. The molecule has 1 fully saturated rings. The van der Waals surface area contributed by atoms with Crippen molar-refractivity contribution in [1.82, 2.24) is 0 Å². The highest BCUT2D eigenvalue weighted by molar-refractivity contribution is 5.85. The molecule has 1 aliphatic heterocycles. The Kier molecular flexibility index (Phi) is 5.17. The van der Waals surface area contributed by atoms with E-state index >= 15 is 0 Å². The van der Waals surface area contributed by atoms with Crippen molar-refractivity contribution in [1.29, 1.82) is 0 Å². The summed E-state index contributed by atoms with van der Waals surface area (Å²) in [5.74, 6) is -0.363. The molecule has 9 nitrogen and oxygen atoms in total. The SMILES string of the molecule is CCc1coc2cc(O[C@@H]3O[C@H](CO)[C@@H](O)[C@H](O)[C@H]3O)cc(O)c2c1=O. The predicted molar refractivity (Wildman–Crippen MR) is 87.9 cm³/mol. The number of hydrogen-bond acceptors (Lipinski definition) is 9. The maximum Gasteiger partial charge on any atom is 0.229 e. The number of phenols is 1. The Bertz CT molecular complexity index is 844. The third-order valence-corrected chi connectivity index (χ3v) is 4.38. The van der Waals surface area contributed by atoms with E-state index in [1.54, 1.807) is 6.92 Å². The number of hydrogen-bond donors (Lipinski definition) is 5. The molecule has 9 heteroatoms. The Morgan fingerprint density at radius 3 is 2.54 bits per heavy atom. The van der Waals surface area contributed by atoms with Crippen LogP contribution in [-0.4, -0.2) is 62.8 Å². The minimum Gasteiger partial charge on any atom is -0.507 e. The summed E-state index contributed by atoms with van der Waals surface area (Å²) in [5.41, 5.74) is 0.132. The van der Waals surface area contributed by atoms with Gasteiger partial charge in [0.05, 0.1) is 12.9 Å². The van der Waals surface area contributed by atoms with Gasteiger partial charge < -0.3 is 39.4 Å². The van der Waals surface area contributed by atoms with Gasteiger partial charge in [0.2, 0.25) is 6.29 Å². The number of phenolic OH excluding ortho intramolecular Hbond substituents is 1. The van der Waals surface area contributed by atoms with E-state index in [0.29, 0.717) is 12.0 Å². The first-order chi connectivity index (χ1) is 12.4. The third-order valence-electron chi connectivity index (χ3n) is 4.38. The van der Waals surface area contributed by atoms with E-state index < -0.39 is 37.3 Å². The van der Waals surface area contributed by atoms with Crippen molar-refractivity contribution < 1.29 is 39.4 Å². The summed E-state index contributed by atoms with van der Waals surface area (Å²) in [6.07, 6.45) is -5.50. The highest BCUT2D eigenvalue weighted by atomic mass is 16.7. The van der Waals surface area contributed by atoms with Gasteiger partial charge in [0.25, 0.3) is 0 Å². The van der Waals surface area contributed by atoms with Crippen LogP contribution in [0.15, 0.2) is 27.6 Å². The molecule has 0 saturated carbocycles. The van der Waals surface area contributed by atoms with Gasteiger partial charge in [-0.15, -0.1) is 0 Å². The highest BCUT2D eigenvalue weighted by Gasteiger charge is 2.44. The molecule has 1 aromatic carbocycles. The highest BCUT2D eigenvalue weighted by Crippen LogP contribution is 2.31. The van der Waals surface area contributed by atoms with Gasteiger partial charge in [-0.2, -0.15) is 0 Å². The van der Waals surface area contributed by atoms with Crippen molar-refractivity contribution in [3.8, 4) is 11.5 Å². The van der Waals surface area contributed by atoms with E-state index in [1.807, 2.05) is 0 Å². The molecule has 0 radical (unpaired) electrons. The molecule has 0 bridgehead atoms. The molecule has 0 aliphatic carbocycles. The first-order valence-corrected chi connectivity index (χ1v) is 8.12. The topological polar surface area (TPSA) is 150 Å². The number of aliphatic hydroxyl groups is 4. The lowest BCUT2D eigenvalue weighted by Crippen LogP contribution is -2.60. The molecule has 5 atom stereocenters. The van der Waals surface area contributed by atoms with E-state index in [9.17, 15) is 30.3 Å². The van der Waals surface area contributed by atoms with Gasteiger partial charge in [0.15, 0.2) is 5.43 Å². The molecular formula is C17H20O9. The normalized spacial score (nSPS) is 29.0. The zero-order valence-corrected chi connectivity index (χ0v) is 13.9. The van der Waals surface area contributed by atoms with Gasteiger partial charge in [-0.05, 0) is 6.42 Å². The van der Waals surface area contributed by atoms with E-state index in [2.05, 4.69) is 0 Å². The van der Waals surface area contributed by atoms with Gasteiger partial charge in [0.1, 0.15) is 46.9 Å². The van der Waals surface area contributed by atoms with Crippen molar-refractivity contribution in [2.24, 2.45) is 0 Å². The zero-order chi connectivity index (χ0) is 19.0. The van der Waals surface area contributed by atoms with Crippen molar-refractivity contribution in [3.05, 3.63) is 34.2 Å². The molecule has 3 rings (SSSR count). The Labute approximate surface area is 147 Å². The molecule has 2 aromatic rings. The van der Waals surface area contributed by atoms with Gasteiger partial charge in [0, 0.05) is 17.7 Å². The van der Waals surface area contributed by atoms with E-state index in [4.69, 9.17) is 13.9 Å². The minimum atomic E-state index is -1.60. The fraction of sp³-hybridized carbons (Fsp3) is 0.471. The van der Waals surface area contributed by atoms with Gasteiger partial charge in [-0.25, -0.2) is 0 Å². The molecular weight excluding hydrogens is 348 g/mol. The standard InChI is InChI=1S/C17H20O9/c1-2-7-6-24-10-4-8(3-9(19)12(10)13(7)20)25-17-16(23)15(22)14(21)11(5-18)26-17/h3-4,6,11,14-19,21-23H,2,5H2,1H3/t11-,14-,15+,16-,17-/m1/s1. The van der Waals surface area contributed by atoms with Crippen LogP contribution in [0.5, 0.6) is 11.5 Å². The summed E-state index contributed by atoms with van der Waals surface area (Å²) < 4.78 is 16.0. The van der Waals surface area contributed by atoms with Crippen LogP contribution in [0.1, 0.15) is 12.5 Å². The summed E-state index contributed by atoms with van der Waals surface area (Å²) in [5, 5.41) is 48.9. The monoisotopic (exact) mass is 368 g/mol.